The van der Waals surface area contributed by atoms with Crippen molar-refractivity contribution >= 4 is 28.2 Å². The van der Waals surface area contributed by atoms with E-state index in [2.05, 4.69) is 4.98 Å². The molecule has 23 heavy (non-hydrogen) atoms. The number of hydrogen-bond acceptors (Lipinski definition) is 5. The van der Waals surface area contributed by atoms with Crippen LogP contribution in [-0.2, 0) is 6.42 Å². The predicted molar refractivity (Wildman–Crippen MR) is 88.3 cm³/mol. The van der Waals surface area contributed by atoms with Gasteiger partial charge in [0.25, 0.3) is 0 Å². The molecule has 5 nitrogen and oxygen atoms in total. The Hall–Kier alpha value is -2.60. The van der Waals surface area contributed by atoms with Crippen molar-refractivity contribution in [2.45, 2.75) is 20.3 Å². The van der Waals surface area contributed by atoms with E-state index in [0.29, 0.717) is 23.1 Å². The minimum atomic E-state index is -0.208. The molecule has 0 atom stereocenters. The number of phenols is 2. The summed E-state index contributed by atoms with van der Waals surface area (Å²) in [5, 5.41) is 19.6. The van der Waals surface area contributed by atoms with Gasteiger partial charge in [-0.2, -0.15) is 0 Å². The van der Waals surface area contributed by atoms with E-state index >= 15 is 0 Å². The molecule has 1 aliphatic carbocycles. The Bertz CT molecular complexity index is 1010. The van der Waals surface area contributed by atoms with Gasteiger partial charge in [-0.1, -0.05) is 0 Å². The fourth-order valence-corrected chi connectivity index (χ4v) is 3.87. The average molecular weight is 326 g/mol. The van der Waals surface area contributed by atoms with Crippen molar-refractivity contribution in [1.82, 2.24) is 9.38 Å². The van der Waals surface area contributed by atoms with Crippen molar-refractivity contribution in [3.63, 3.8) is 0 Å². The highest BCUT2D eigenvalue weighted by Gasteiger charge is 2.29. The maximum absolute atomic E-state index is 12.6. The number of aromatic nitrogens is 2. The van der Waals surface area contributed by atoms with Gasteiger partial charge in [0, 0.05) is 34.2 Å². The van der Waals surface area contributed by atoms with Gasteiger partial charge in [-0.3, -0.25) is 9.20 Å². The van der Waals surface area contributed by atoms with Crippen LogP contribution in [0.15, 0.2) is 23.9 Å². The summed E-state index contributed by atoms with van der Waals surface area (Å²) in [7, 11) is 0. The van der Waals surface area contributed by atoms with Crippen LogP contribution in [-0.4, -0.2) is 25.4 Å². The van der Waals surface area contributed by atoms with Gasteiger partial charge in [-0.05, 0) is 32.1 Å². The molecule has 0 saturated heterocycles. The zero-order chi connectivity index (χ0) is 16.3. The molecule has 0 amide bonds. The molecule has 3 aromatic rings. The van der Waals surface area contributed by atoms with Gasteiger partial charge in [-0.15, -0.1) is 11.3 Å². The van der Waals surface area contributed by atoms with Crippen molar-refractivity contribution < 1.29 is 15.0 Å². The van der Waals surface area contributed by atoms with Crippen LogP contribution in [0.5, 0.6) is 11.5 Å². The summed E-state index contributed by atoms with van der Waals surface area (Å²) in [5.41, 5.74) is 3.27. The monoisotopic (exact) mass is 326 g/mol. The number of aryl methyl sites for hydroxylation is 2. The van der Waals surface area contributed by atoms with E-state index in [9.17, 15) is 15.0 Å². The van der Waals surface area contributed by atoms with Crippen molar-refractivity contribution in [3.05, 3.63) is 51.3 Å². The first-order valence-electron chi connectivity index (χ1n) is 7.20. The summed E-state index contributed by atoms with van der Waals surface area (Å²) in [4.78, 5) is 19.1. The summed E-state index contributed by atoms with van der Waals surface area (Å²) < 4.78 is 1.98. The first kappa shape index (κ1) is 14.0. The Balaban J connectivity index is 1.85. The van der Waals surface area contributed by atoms with E-state index in [-0.39, 0.29) is 17.3 Å². The normalized spacial score (nSPS) is 15.7. The summed E-state index contributed by atoms with van der Waals surface area (Å²) in [6.07, 6.45) is 4.15. The van der Waals surface area contributed by atoms with Crippen molar-refractivity contribution in [1.29, 1.82) is 0 Å². The number of benzene rings is 1. The maximum atomic E-state index is 12.6. The van der Waals surface area contributed by atoms with E-state index in [1.54, 1.807) is 17.4 Å². The zero-order valence-corrected chi connectivity index (χ0v) is 13.4. The Morgan fingerprint density at radius 1 is 1.30 bits per heavy atom. The van der Waals surface area contributed by atoms with Crippen LogP contribution >= 0.6 is 11.3 Å². The quantitative estimate of drug-likeness (QED) is 0.532. The van der Waals surface area contributed by atoms with Crippen LogP contribution in [0.4, 0.5) is 0 Å². The molecule has 6 heteroatoms. The molecule has 0 spiro atoms. The minimum absolute atomic E-state index is 0.114. The van der Waals surface area contributed by atoms with E-state index in [1.807, 2.05) is 30.5 Å². The highest BCUT2D eigenvalue weighted by atomic mass is 32.1. The molecular weight excluding hydrogens is 312 g/mol. The van der Waals surface area contributed by atoms with Crippen molar-refractivity contribution in [2.75, 3.05) is 0 Å². The number of fused-ring (bicyclic) bond motifs is 2. The standard InChI is InChI=1S/C17H14N2O3S/c1-8-7-19-13(9(2)18-17(19)23-8)6-10-5-12-11(15(10)21)3-4-14(20)16(12)22/h3-4,6-7,20,22H,5H2,1-2H3/b10-6+. The van der Waals surface area contributed by atoms with E-state index in [0.717, 1.165) is 21.2 Å². The Morgan fingerprint density at radius 2 is 2.09 bits per heavy atom. The van der Waals surface area contributed by atoms with Gasteiger partial charge < -0.3 is 10.2 Å². The van der Waals surface area contributed by atoms with Gasteiger partial charge in [0.05, 0.1) is 11.4 Å². The number of rotatable bonds is 1. The molecule has 0 radical (unpaired) electrons. The van der Waals surface area contributed by atoms with Gasteiger partial charge in [0.2, 0.25) is 0 Å². The Kier molecular flexibility index (Phi) is 2.86. The van der Waals surface area contributed by atoms with E-state index < -0.39 is 0 Å². The largest absolute Gasteiger partial charge is 0.504 e. The topological polar surface area (TPSA) is 74.8 Å². The molecule has 0 saturated carbocycles. The third kappa shape index (κ3) is 1.98. The third-order valence-electron chi connectivity index (χ3n) is 4.14. The number of carbonyl (C=O) groups is 1. The van der Waals surface area contributed by atoms with Crippen molar-refractivity contribution in [3.8, 4) is 11.5 Å². The van der Waals surface area contributed by atoms with Gasteiger partial charge >= 0.3 is 0 Å². The smallest absolute Gasteiger partial charge is 0.194 e. The van der Waals surface area contributed by atoms with Crippen LogP contribution in [0.1, 0.15) is 32.2 Å². The Labute approximate surface area is 136 Å². The zero-order valence-electron chi connectivity index (χ0n) is 12.6. The lowest BCUT2D eigenvalue weighted by atomic mass is 10.1. The maximum Gasteiger partial charge on any atom is 0.194 e. The molecular formula is C17H14N2O3S. The number of Topliss-reactive ketones (excluding diaryl/α,β-unsaturated/α-hetero) is 1. The number of allylic oxidation sites excluding steroid dienone is 1. The molecule has 1 aromatic carbocycles. The van der Waals surface area contributed by atoms with Crippen LogP contribution in [0.3, 0.4) is 0 Å². The number of nitrogens with zero attached hydrogens (tertiary/aromatic N) is 2. The molecule has 2 aromatic heterocycles. The fourth-order valence-electron chi connectivity index (χ4n) is 3.00. The number of ketones is 1. The number of aromatic hydroxyl groups is 2. The number of phenolic OH excluding ortho intramolecular Hbond substituents is 2. The van der Waals surface area contributed by atoms with Gasteiger partial charge in [0.15, 0.2) is 22.2 Å². The molecule has 0 fully saturated rings. The van der Waals surface area contributed by atoms with Crippen molar-refractivity contribution in [2.24, 2.45) is 0 Å². The molecule has 4 rings (SSSR count). The molecule has 1 aliphatic rings. The summed E-state index contributed by atoms with van der Waals surface area (Å²) in [6, 6.07) is 2.90. The summed E-state index contributed by atoms with van der Waals surface area (Å²) in [6.45, 7) is 3.93. The minimum Gasteiger partial charge on any atom is -0.504 e. The lowest BCUT2D eigenvalue weighted by Gasteiger charge is -2.01. The third-order valence-corrected chi connectivity index (χ3v) is 5.04. The first-order valence-corrected chi connectivity index (χ1v) is 8.01. The average Bonchev–Trinajstić information content (AvgIpc) is 3.09. The predicted octanol–water partition coefficient (Wildman–Crippen LogP) is 3.25. The second kappa shape index (κ2) is 4.70. The summed E-state index contributed by atoms with van der Waals surface area (Å²) in [5.74, 6) is -0.522. The van der Waals surface area contributed by atoms with E-state index in [4.69, 9.17) is 0 Å². The highest BCUT2D eigenvalue weighted by Crippen LogP contribution is 2.39. The molecule has 2 N–H and O–H groups in total. The first-order chi connectivity index (χ1) is 11.0. The van der Waals surface area contributed by atoms with Crippen LogP contribution in [0.2, 0.25) is 0 Å². The van der Waals surface area contributed by atoms with Crippen LogP contribution < -0.4 is 0 Å². The SMILES string of the molecule is Cc1cn2c(/C=C3\Cc4c(ccc(O)c4O)C3=O)c(C)nc2s1. The lowest BCUT2D eigenvalue weighted by molar-refractivity contribution is 0.104. The van der Waals surface area contributed by atoms with Crippen LogP contribution in [0.25, 0.3) is 11.0 Å². The van der Waals surface area contributed by atoms with Gasteiger partial charge in [0.1, 0.15) is 0 Å². The molecule has 0 aliphatic heterocycles. The second-order valence-electron chi connectivity index (χ2n) is 5.71. The molecule has 2 heterocycles. The number of hydrogen-bond donors (Lipinski definition) is 2. The lowest BCUT2D eigenvalue weighted by Crippen LogP contribution is -1.96. The van der Waals surface area contributed by atoms with Gasteiger partial charge in [-0.25, -0.2) is 4.98 Å². The number of thiazole rings is 1. The second-order valence-corrected chi connectivity index (χ2v) is 6.92. The molecule has 0 bridgehead atoms. The summed E-state index contributed by atoms with van der Waals surface area (Å²) >= 11 is 1.60. The number of imidazole rings is 1. The fraction of sp³-hybridized carbons (Fsp3) is 0.176. The Morgan fingerprint density at radius 3 is 2.87 bits per heavy atom. The molecule has 116 valence electrons. The van der Waals surface area contributed by atoms with E-state index in [1.165, 1.54) is 6.07 Å². The van der Waals surface area contributed by atoms with Crippen LogP contribution in [0, 0.1) is 13.8 Å². The highest BCUT2D eigenvalue weighted by molar-refractivity contribution is 7.17. The number of carbonyl (C=O) groups excluding carboxylic acids is 1. The molecule has 0 unspecified atom stereocenters.